The van der Waals surface area contributed by atoms with Crippen molar-refractivity contribution in [2.75, 3.05) is 11.4 Å². The average Bonchev–Trinajstić information content (AvgIpc) is 3.12. The van der Waals surface area contributed by atoms with Crippen LogP contribution in [-0.4, -0.2) is 18.4 Å². The van der Waals surface area contributed by atoms with Gasteiger partial charge in [-0.1, -0.05) is 12.1 Å². The molecule has 1 N–H and O–H groups in total. The Hall–Kier alpha value is -2.14. The summed E-state index contributed by atoms with van der Waals surface area (Å²) in [6.45, 7) is 6.72. The van der Waals surface area contributed by atoms with Crippen LogP contribution in [0.3, 0.4) is 0 Å². The third kappa shape index (κ3) is 3.36. The van der Waals surface area contributed by atoms with Gasteiger partial charge in [0.2, 0.25) is 5.91 Å². The van der Waals surface area contributed by atoms with E-state index in [4.69, 9.17) is 0 Å². The fourth-order valence-corrected chi connectivity index (χ4v) is 4.02. The molecule has 126 valence electrons. The van der Waals surface area contributed by atoms with Crippen molar-refractivity contribution in [1.29, 1.82) is 0 Å². The lowest BCUT2D eigenvalue weighted by atomic mass is 10.1. The van der Waals surface area contributed by atoms with Crippen LogP contribution in [0, 0.1) is 13.8 Å². The quantitative estimate of drug-likeness (QED) is 0.913. The monoisotopic (exact) mass is 342 g/mol. The molecule has 0 aliphatic carbocycles. The fourth-order valence-electron chi connectivity index (χ4n) is 3.10. The minimum atomic E-state index is -0.116. The number of aryl methyl sites for hydroxylation is 2. The van der Waals surface area contributed by atoms with Crippen LogP contribution in [0.4, 0.5) is 5.69 Å². The molecular weight excluding hydrogens is 320 g/mol. The first-order valence-corrected chi connectivity index (χ1v) is 9.05. The Labute approximate surface area is 146 Å². The number of rotatable bonds is 4. The van der Waals surface area contributed by atoms with Gasteiger partial charge in [-0.15, -0.1) is 11.3 Å². The Morgan fingerprint density at radius 3 is 2.71 bits per heavy atom. The molecule has 2 heterocycles. The first kappa shape index (κ1) is 16.7. The van der Waals surface area contributed by atoms with E-state index in [-0.39, 0.29) is 17.9 Å². The summed E-state index contributed by atoms with van der Waals surface area (Å²) in [4.78, 5) is 28.4. The SMILES string of the molecule is Cc1cc(C(=O)N[C@@H](C)c2cccc(N3CCCC3=O)c2)c(C)s1. The Bertz CT molecular complexity index is 781. The van der Waals surface area contributed by atoms with Crippen LogP contribution < -0.4 is 10.2 Å². The zero-order valence-electron chi connectivity index (χ0n) is 14.3. The van der Waals surface area contributed by atoms with E-state index < -0.39 is 0 Å². The van der Waals surface area contributed by atoms with Crippen molar-refractivity contribution in [3.8, 4) is 0 Å². The van der Waals surface area contributed by atoms with Crippen LogP contribution in [0.25, 0.3) is 0 Å². The zero-order valence-corrected chi connectivity index (χ0v) is 15.1. The minimum absolute atomic E-state index is 0.0491. The van der Waals surface area contributed by atoms with Gasteiger partial charge in [-0.2, -0.15) is 0 Å². The maximum absolute atomic E-state index is 12.5. The van der Waals surface area contributed by atoms with Crippen molar-refractivity contribution in [2.45, 2.75) is 39.7 Å². The topological polar surface area (TPSA) is 49.4 Å². The number of benzene rings is 1. The van der Waals surface area contributed by atoms with Gasteiger partial charge in [-0.25, -0.2) is 0 Å². The number of carbonyl (C=O) groups excluding carboxylic acids is 2. The number of nitrogens with zero attached hydrogens (tertiary/aromatic N) is 1. The molecule has 2 aromatic rings. The van der Waals surface area contributed by atoms with E-state index in [2.05, 4.69) is 5.32 Å². The second-order valence-corrected chi connectivity index (χ2v) is 7.73. The van der Waals surface area contributed by atoms with E-state index in [0.717, 1.165) is 39.5 Å². The molecule has 0 spiro atoms. The smallest absolute Gasteiger partial charge is 0.252 e. The van der Waals surface area contributed by atoms with Gasteiger partial charge in [-0.3, -0.25) is 9.59 Å². The first-order valence-electron chi connectivity index (χ1n) is 8.24. The summed E-state index contributed by atoms with van der Waals surface area (Å²) in [5.41, 5.74) is 2.67. The van der Waals surface area contributed by atoms with E-state index in [0.29, 0.717) is 6.42 Å². The maximum Gasteiger partial charge on any atom is 0.252 e. The molecule has 1 aromatic carbocycles. The van der Waals surface area contributed by atoms with E-state index >= 15 is 0 Å². The lowest BCUT2D eigenvalue weighted by Crippen LogP contribution is -2.27. The Kier molecular flexibility index (Phi) is 4.71. The van der Waals surface area contributed by atoms with Gasteiger partial charge in [-0.05, 0) is 51.0 Å². The predicted molar refractivity (Wildman–Crippen MR) is 97.7 cm³/mol. The highest BCUT2D eigenvalue weighted by atomic mass is 32.1. The molecule has 3 rings (SSSR count). The number of anilines is 1. The molecule has 2 amide bonds. The number of carbonyl (C=O) groups is 2. The number of nitrogens with one attached hydrogen (secondary N) is 1. The Morgan fingerprint density at radius 2 is 2.08 bits per heavy atom. The molecule has 0 bridgehead atoms. The number of hydrogen-bond acceptors (Lipinski definition) is 3. The highest BCUT2D eigenvalue weighted by molar-refractivity contribution is 7.12. The summed E-state index contributed by atoms with van der Waals surface area (Å²) in [5, 5.41) is 3.06. The molecule has 0 radical (unpaired) electrons. The summed E-state index contributed by atoms with van der Waals surface area (Å²) in [6, 6.07) is 9.70. The maximum atomic E-state index is 12.5. The van der Waals surface area contributed by atoms with Gasteiger partial charge < -0.3 is 10.2 Å². The summed E-state index contributed by atoms with van der Waals surface area (Å²) in [6.07, 6.45) is 1.53. The third-order valence-electron chi connectivity index (χ3n) is 4.39. The lowest BCUT2D eigenvalue weighted by molar-refractivity contribution is -0.117. The van der Waals surface area contributed by atoms with E-state index in [1.165, 1.54) is 0 Å². The molecule has 1 fully saturated rings. The summed E-state index contributed by atoms with van der Waals surface area (Å²) in [5.74, 6) is 0.125. The molecule has 5 heteroatoms. The van der Waals surface area contributed by atoms with Crippen LogP contribution in [0.2, 0.25) is 0 Å². The molecule has 4 nitrogen and oxygen atoms in total. The van der Waals surface area contributed by atoms with Gasteiger partial charge in [0, 0.05) is 28.4 Å². The van der Waals surface area contributed by atoms with Gasteiger partial charge in [0.15, 0.2) is 0 Å². The second-order valence-electron chi connectivity index (χ2n) is 6.27. The van der Waals surface area contributed by atoms with Crippen molar-refractivity contribution in [3.63, 3.8) is 0 Å². The van der Waals surface area contributed by atoms with Gasteiger partial charge in [0.25, 0.3) is 5.91 Å². The largest absolute Gasteiger partial charge is 0.345 e. The number of hydrogen-bond donors (Lipinski definition) is 1. The van der Waals surface area contributed by atoms with Gasteiger partial charge in [0.1, 0.15) is 0 Å². The normalized spacial score (nSPS) is 15.6. The minimum Gasteiger partial charge on any atom is -0.345 e. The molecule has 24 heavy (non-hydrogen) atoms. The van der Waals surface area contributed by atoms with Crippen LogP contribution >= 0.6 is 11.3 Å². The lowest BCUT2D eigenvalue weighted by Gasteiger charge is -2.19. The van der Waals surface area contributed by atoms with Gasteiger partial charge in [0.05, 0.1) is 11.6 Å². The van der Waals surface area contributed by atoms with Crippen LogP contribution in [0.1, 0.15) is 51.5 Å². The molecular formula is C19H22N2O2S. The molecule has 1 aliphatic rings. The molecule has 1 aromatic heterocycles. The third-order valence-corrected chi connectivity index (χ3v) is 5.35. The first-order chi connectivity index (χ1) is 11.5. The summed E-state index contributed by atoms with van der Waals surface area (Å²) >= 11 is 1.63. The van der Waals surface area contributed by atoms with Crippen LogP contribution in [0.15, 0.2) is 30.3 Å². The van der Waals surface area contributed by atoms with E-state index in [1.54, 1.807) is 11.3 Å². The number of thiophene rings is 1. The molecule has 0 unspecified atom stereocenters. The number of amides is 2. The highest BCUT2D eigenvalue weighted by Gasteiger charge is 2.22. The fraction of sp³-hybridized carbons (Fsp3) is 0.368. The molecule has 0 saturated carbocycles. The zero-order chi connectivity index (χ0) is 17.3. The van der Waals surface area contributed by atoms with Gasteiger partial charge >= 0.3 is 0 Å². The van der Waals surface area contributed by atoms with Crippen molar-refractivity contribution in [1.82, 2.24) is 5.32 Å². The molecule has 1 atom stereocenters. The molecule has 1 saturated heterocycles. The van der Waals surface area contributed by atoms with Crippen molar-refractivity contribution in [2.24, 2.45) is 0 Å². The van der Waals surface area contributed by atoms with Crippen LogP contribution in [-0.2, 0) is 4.79 Å². The van der Waals surface area contributed by atoms with Crippen LogP contribution in [0.5, 0.6) is 0 Å². The standard InChI is InChI=1S/C19H22N2O2S/c1-12-10-17(14(3)24-12)19(23)20-13(2)15-6-4-7-16(11-15)21-9-5-8-18(21)22/h4,6-7,10-11,13H,5,8-9H2,1-3H3,(H,20,23)/t13-/m0/s1. The Morgan fingerprint density at radius 1 is 1.29 bits per heavy atom. The summed E-state index contributed by atoms with van der Waals surface area (Å²) < 4.78 is 0. The second kappa shape index (κ2) is 6.77. The summed E-state index contributed by atoms with van der Waals surface area (Å²) in [7, 11) is 0. The van der Waals surface area contributed by atoms with E-state index in [1.807, 2.05) is 56.0 Å². The Balaban J connectivity index is 1.75. The predicted octanol–water partition coefficient (Wildman–Crippen LogP) is 3.98. The average molecular weight is 342 g/mol. The van der Waals surface area contributed by atoms with Crippen molar-refractivity contribution in [3.05, 3.63) is 51.2 Å². The highest BCUT2D eigenvalue weighted by Crippen LogP contribution is 2.26. The van der Waals surface area contributed by atoms with E-state index in [9.17, 15) is 9.59 Å². The van der Waals surface area contributed by atoms with Crippen molar-refractivity contribution < 1.29 is 9.59 Å². The van der Waals surface area contributed by atoms with Crippen molar-refractivity contribution >= 4 is 28.8 Å². The molecule has 1 aliphatic heterocycles.